The summed E-state index contributed by atoms with van der Waals surface area (Å²) >= 11 is 0. The summed E-state index contributed by atoms with van der Waals surface area (Å²) in [5, 5.41) is 21.3. The summed E-state index contributed by atoms with van der Waals surface area (Å²) in [5.74, 6) is 2.10. The SMILES string of the molecule is CCCCCCCCOC1=C(C)C(C)C(O)C=C1CCC(C)CC/C=C(\C)CCCC(C)(O)CCCC(C)C(C)=O. The fourth-order valence-corrected chi connectivity index (χ4v) is 5.73. The van der Waals surface area contributed by atoms with Crippen LogP contribution in [0.4, 0.5) is 0 Å². The minimum absolute atomic E-state index is 0.0962. The second kappa shape index (κ2) is 20.5. The molecule has 0 heterocycles. The molecule has 41 heavy (non-hydrogen) atoms. The van der Waals surface area contributed by atoms with E-state index in [9.17, 15) is 15.0 Å². The lowest BCUT2D eigenvalue weighted by molar-refractivity contribution is -0.120. The van der Waals surface area contributed by atoms with Crippen LogP contribution in [0.1, 0.15) is 158 Å². The molecule has 0 spiro atoms. The number of rotatable bonds is 23. The zero-order chi connectivity index (χ0) is 30.8. The van der Waals surface area contributed by atoms with Gasteiger partial charge >= 0.3 is 0 Å². The number of unbranched alkanes of at least 4 members (excludes halogenated alkanes) is 5. The lowest BCUT2D eigenvalue weighted by Crippen LogP contribution is -2.24. The molecule has 0 saturated carbocycles. The van der Waals surface area contributed by atoms with E-state index in [0.717, 1.165) is 83.0 Å². The van der Waals surface area contributed by atoms with Crippen molar-refractivity contribution in [3.05, 3.63) is 34.6 Å². The van der Waals surface area contributed by atoms with Gasteiger partial charge in [0.2, 0.25) is 0 Å². The molecule has 0 saturated heterocycles. The molecular weight excluding hydrogens is 508 g/mol. The van der Waals surface area contributed by atoms with Crippen molar-refractivity contribution < 1.29 is 19.7 Å². The van der Waals surface area contributed by atoms with Crippen molar-refractivity contribution in [2.24, 2.45) is 17.8 Å². The Morgan fingerprint density at radius 3 is 2.37 bits per heavy atom. The molecular formula is C37H66O4. The number of Topliss-reactive ketones (excluding diaryl/α,β-unsaturated/α-hetero) is 1. The van der Waals surface area contributed by atoms with Crippen molar-refractivity contribution in [2.45, 2.75) is 170 Å². The molecule has 0 aromatic carbocycles. The number of carbonyl (C=O) groups is 1. The molecule has 0 aromatic rings. The lowest BCUT2D eigenvalue weighted by Gasteiger charge is -2.29. The van der Waals surface area contributed by atoms with Crippen LogP contribution >= 0.6 is 0 Å². The molecule has 2 N–H and O–H groups in total. The number of hydrogen-bond acceptors (Lipinski definition) is 4. The second-order valence-corrected chi connectivity index (χ2v) is 13.6. The van der Waals surface area contributed by atoms with Crippen LogP contribution in [-0.2, 0) is 9.53 Å². The van der Waals surface area contributed by atoms with Gasteiger partial charge in [0.25, 0.3) is 0 Å². The van der Waals surface area contributed by atoms with Crippen LogP contribution in [0, 0.1) is 17.8 Å². The van der Waals surface area contributed by atoms with Gasteiger partial charge in [-0.25, -0.2) is 0 Å². The molecule has 4 nitrogen and oxygen atoms in total. The number of ketones is 1. The molecule has 1 aliphatic carbocycles. The fraction of sp³-hybridized carbons (Fsp3) is 0.811. The van der Waals surface area contributed by atoms with Crippen LogP contribution < -0.4 is 0 Å². The molecule has 1 rings (SSSR count). The predicted molar refractivity (Wildman–Crippen MR) is 175 cm³/mol. The molecule has 0 fully saturated rings. The van der Waals surface area contributed by atoms with E-state index in [2.05, 4.69) is 40.7 Å². The maximum atomic E-state index is 11.4. The average Bonchev–Trinajstić information content (AvgIpc) is 2.90. The number of carbonyl (C=O) groups excluding carboxylic acids is 1. The van der Waals surface area contributed by atoms with Crippen LogP contribution in [0.15, 0.2) is 34.6 Å². The number of aliphatic hydroxyl groups excluding tert-OH is 1. The Hall–Kier alpha value is -1.39. The highest BCUT2D eigenvalue weighted by Gasteiger charge is 2.26. The van der Waals surface area contributed by atoms with Crippen molar-refractivity contribution in [3.63, 3.8) is 0 Å². The van der Waals surface area contributed by atoms with Crippen molar-refractivity contribution in [1.82, 2.24) is 0 Å². The second-order valence-electron chi connectivity index (χ2n) is 13.6. The van der Waals surface area contributed by atoms with Gasteiger partial charge < -0.3 is 14.9 Å². The van der Waals surface area contributed by atoms with E-state index in [1.54, 1.807) is 6.92 Å². The molecule has 0 bridgehead atoms. The highest BCUT2D eigenvalue weighted by Crippen LogP contribution is 2.34. The largest absolute Gasteiger partial charge is 0.493 e. The summed E-state index contributed by atoms with van der Waals surface area (Å²) in [6.45, 7) is 17.4. The quantitative estimate of drug-likeness (QED) is 0.0941. The topological polar surface area (TPSA) is 66.8 Å². The molecule has 0 aromatic heterocycles. The van der Waals surface area contributed by atoms with Gasteiger partial charge in [-0.3, -0.25) is 4.79 Å². The van der Waals surface area contributed by atoms with E-state index in [1.165, 1.54) is 48.8 Å². The van der Waals surface area contributed by atoms with Gasteiger partial charge in [-0.2, -0.15) is 0 Å². The number of allylic oxidation sites excluding steroid dienone is 3. The van der Waals surface area contributed by atoms with Gasteiger partial charge in [0, 0.05) is 11.8 Å². The van der Waals surface area contributed by atoms with Gasteiger partial charge in [-0.05, 0) is 121 Å². The van der Waals surface area contributed by atoms with Gasteiger partial charge in [0.05, 0.1) is 18.3 Å². The zero-order valence-corrected chi connectivity index (χ0v) is 28.2. The first-order valence-corrected chi connectivity index (χ1v) is 17.0. The van der Waals surface area contributed by atoms with E-state index < -0.39 is 11.7 Å². The van der Waals surface area contributed by atoms with E-state index in [0.29, 0.717) is 5.92 Å². The fourth-order valence-electron chi connectivity index (χ4n) is 5.73. The van der Waals surface area contributed by atoms with Crippen LogP contribution in [-0.4, -0.2) is 34.3 Å². The molecule has 5 atom stereocenters. The predicted octanol–water partition coefficient (Wildman–Crippen LogP) is 10.0. The maximum Gasteiger partial charge on any atom is 0.132 e. The molecule has 5 unspecified atom stereocenters. The lowest BCUT2D eigenvalue weighted by atomic mass is 9.84. The number of hydrogen-bond donors (Lipinski definition) is 2. The normalized spacial score (nSPS) is 20.9. The molecule has 238 valence electrons. The Bertz CT molecular complexity index is 834. The summed E-state index contributed by atoms with van der Waals surface area (Å²) < 4.78 is 6.34. The monoisotopic (exact) mass is 574 g/mol. The summed E-state index contributed by atoms with van der Waals surface area (Å²) in [6, 6.07) is 0. The van der Waals surface area contributed by atoms with Crippen molar-refractivity contribution in [2.75, 3.05) is 6.61 Å². The van der Waals surface area contributed by atoms with Crippen LogP contribution in [0.25, 0.3) is 0 Å². The molecule has 0 radical (unpaired) electrons. The van der Waals surface area contributed by atoms with Crippen LogP contribution in [0.3, 0.4) is 0 Å². The molecule has 0 aliphatic heterocycles. The highest BCUT2D eigenvalue weighted by molar-refractivity contribution is 5.77. The Kier molecular flexibility index (Phi) is 18.8. The van der Waals surface area contributed by atoms with E-state index in [-0.39, 0.29) is 17.6 Å². The first-order chi connectivity index (χ1) is 19.4. The Labute approximate surface area is 254 Å². The Morgan fingerprint density at radius 1 is 1.02 bits per heavy atom. The van der Waals surface area contributed by atoms with Crippen molar-refractivity contribution in [3.8, 4) is 0 Å². The summed E-state index contributed by atoms with van der Waals surface area (Å²) in [4.78, 5) is 11.4. The third-order valence-electron chi connectivity index (χ3n) is 9.35. The maximum absolute atomic E-state index is 11.4. The minimum atomic E-state index is -0.644. The highest BCUT2D eigenvalue weighted by atomic mass is 16.5. The van der Waals surface area contributed by atoms with E-state index in [4.69, 9.17) is 4.74 Å². The standard InChI is InChI=1S/C37H66O4/c1-9-10-11-12-13-14-26-41-36-32(6)31(5)35(39)27-34(36)23-22-29(3)19-15-18-28(2)20-16-24-37(8,40)25-17-21-30(4)33(7)38/h18,27,29-31,35,39-40H,9-17,19-26H2,1-8H3/b28-18+. The van der Waals surface area contributed by atoms with Gasteiger partial charge in [0.15, 0.2) is 0 Å². The Balaban J connectivity index is 2.40. The third-order valence-corrected chi connectivity index (χ3v) is 9.35. The first kappa shape index (κ1) is 37.6. The minimum Gasteiger partial charge on any atom is -0.493 e. The van der Waals surface area contributed by atoms with Gasteiger partial charge in [-0.1, -0.05) is 71.4 Å². The Morgan fingerprint density at radius 2 is 1.68 bits per heavy atom. The van der Waals surface area contributed by atoms with E-state index >= 15 is 0 Å². The molecule has 4 heteroatoms. The number of aliphatic hydroxyl groups is 2. The van der Waals surface area contributed by atoms with Crippen molar-refractivity contribution >= 4 is 5.78 Å². The molecule has 1 aliphatic rings. The summed E-state index contributed by atoms with van der Waals surface area (Å²) in [5.41, 5.74) is 3.15. The summed E-state index contributed by atoms with van der Waals surface area (Å²) in [6.07, 6.45) is 21.2. The zero-order valence-electron chi connectivity index (χ0n) is 28.2. The van der Waals surface area contributed by atoms with E-state index in [1.807, 2.05) is 19.9 Å². The van der Waals surface area contributed by atoms with Crippen molar-refractivity contribution in [1.29, 1.82) is 0 Å². The van der Waals surface area contributed by atoms with Crippen LogP contribution in [0.5, 0.6) is 0 Å². The average molecular weight is 575 g/mol. The smallest absolute Gasteiger partial charge is 0.132 e. The third kappa shape index (κ3) is 16.1. The number of ether oxygens (including phenoxy) is 1. The van der Waals surface area contributed by atoms with Gasteiger partial charge in [-0.15, -0.1) is 0 Å². The van der Waals surface area contributed by atoms with Gasteiger partial charge in [0.1, 0.15) is 11.5 Å². The van der Waals surface area contributed by atoms with Crippen LogP contribution in [0.2, 0.25) is 0 Å². The molecule has 0 amide bonds. The summed E-state index contributed by atoms with van der Waals surface area (Å²) in [7, 11) is 0. The first-order valence-electron chi connectivity index (χ1n) is 17.0.